The van der Waals surface area contributed by atoms with E-state index in [1.807, 2.05) is 61.1 Å². The van der Waals surface area contributed by atoms with Crippen molar-refractivity contribution in [1.29, 1.82) is 0 Å². The predicted octanol–water partition coefficient (Wildman–Crippen LogP) is 4.21. The molecule has 0 saturated carbocycles. The van der Waals surface area contributed by atoms with Crippen molar-refractivity contribution in [2.24, 2.45) is 0 Å². The molecule has 0 fully saturated rings. The lowest BCUT2D eigenvalue weighted by atomic mass is 9.94. The van der Waals surface area contributed by atoms with Gasteiger partial charge in [0, 0.05) is 17.3 Å². The van der Waals surface area contributed by atoms with Gasteiger partial charge in [0.05, 0.1) is 18.3 Å². The Balaban J connectivity index is 1.58. The summed E-state index contributed by atoms with van der Waals surface area (Å²) in [5.74, 6) is 0.726. The van der Waals surface area contributed by atoms with Gasteiger partial charge in [0.2, 0.25) is 0 Å². The highest BCUT2D eigenvalue weighted by Gasteiger charge is 2.25. The molecule has 4 rings (SSSR count). The minimum Gasteiger partial charge on any atom is -0.488 e. The molecule has 1 aliphatic heterocycles. The number of ketones is 1. The van der Waals surface area contributed by atoms with Crippen LogP contribution in [0.1, 0.15) is 32.6 Å². The first-order chi connectivity index (χ1) is 12.6. The van der Waals surface area contributed by atoms with E-state index in [-0.39, 0.29) is 5.78 Å². The Morgan fingerprint density at radius 3 is 2.81 bits per heavy atom. The Morgan fingerprint density at radius 2 is 2.00 bits per heavy atom. The second-order valence-corrected chi connectivity index (χ2v) is 6.70. The molecule has 3 aromatic rings. The lowest BCUT2D eigenvalue weighted by Crippen LogP contribution is -2.20. The van der Waals surface area contributed by atoms with E-state index in [4.69, 9.17) is 4.74 Å². The molecule has 2 aromatic carbocycles. The number of aryl methyl sites for hydroxylation is 2. The molecule has 2 heterocycles. The molecule has 0 atom stereocenters. The van der Waals surface area contributed by atoms with Crippen LogP contribution < -0.4 is 4.74 Å². The summed E-state index contributed by atoms with van der Waals surface area (Å²) >= 11 is 0. The number of carbonyl (C=O) groups excluding carboxylic acids is 1. The molecule has 0 saturated heterocycles. The van der Waals surface area contributed by atoms with Crippen molar-refractivity contribution in [3.8, 4) is 5.75 Å². The van der Waals surface area contributed by atoms with Crippen molar-refractivity contribution < 1.29 is 9.53 Å². The SMILES string of the molecule is Cc1cc(C)c2c(c1)OC/C(=C/c1cnn(Cc3ccccc3)c1)C2=O. The van der Waals surface area contributed by atoms with Crippen molar-refractivity contribution in [1.82, 2.24) is 9.78 Å². The molecule has 0 aliphatic carbocycles. The van der Waals surface area contributed by atoms with Gasteiger partial charge in [-0.3, -0.25) is 9.48 Å². The molecule has 4 nitrogen and oxygen atoms in total. The minimum atomic E-state index is 0.0413. The number of hydrogen-bond donors (Lipinski definition) is 0. The number of rotatable bonds is 3. The third-order valence-corrected chi connectivity index (χ3v) is 4.53. The van der Waals surface area contributed by atoms with Crippen molar-refractivity contribution in [2.75, 3.05) is 6.61 Å². The van der Waals surface area contributed by atoms with E-state index >= 15 is 0 Å². The minimum absolute atomic E-state index is 0.0413. The molecule has 26 heavy (non-hydrogen) atoms. The smallest absolute Gasteiger partial charge is 0.196 e. The van der Waals surface area contributed by atoms with E-state index in [0.29, 0.717) is 30.0 Å². The van der Waals surface area contributed by atoms with Gasteiger partial charge in [0.25, 0.3) is 0 Å². The summed E-state index contributed by atoms with van der Waals surface area (Å²) in [7, 11) is 0. The first kappa shape index (κ1) is 16.3. The molecule has 130 valence electrons. The van der Waals surface area contributed by atoms with Gasteiger partial charge in [-0.15, -0.1) is 0 Å². The molecule has 0 bridgehead atoms. The lowest BCUT2D eigenvalue weighted by Gasteiger charge is -2.21. The molecule has 1 aromatic heterocycles. The van der Waals surface area contributed by atoms with Crippen LogP contribution in [0.4, 0.5) is 0 Å². The zero-order valence-corrected chi connectivity index (χ0v) is 14.9. The van der Waals surface area contributed by atoms with Gasteiger partial charge >= 0.3 is 0 Å². The fraction of sp³-hybridized carbons (Fsp3) is 0.182. The summed E-state index contributed by atoms with van der Waals surface area (Å²) in [5.41, 5.74) is 5.47. The summed E-state index contributed by atoms with van der Waals surface area (Å²) < 4.78 is 7.70. The van der Waals surface area contributed by atoms with Gasteiger partial charge in [0.1, 0.15) is 12.4 Å². The van der Waals surface area contributed by atoms with Gasteiger partial charge in [-0.05, 0) is 42.7 Å². The van der Waals surface area contributed by atoms with Crippen LogP contribution in [0.5, 0.6) is 5.75 Å². The van der Waals surface area contributed by atoms with Crippen LogP contribution in [0.2, 0.25) is 0 Å². The van der Waals surface area contributed by atoms with E-state index < -0.39 is 0 Å². The van der Waals surface area contributed by atoms with Gasteiger partial charge in [0.15, 0.2) is 5.78 Å². The zero-order chi connectivity index (χ0) is 18.1. The fourth-order valence-corrected chi connectivity index (χ4v) is 3.33. The Kier molecular flexibility index (Phi) is 4.17. The highest BCUT2D eigenvalue weighted by atomic mass is 16.5. The van der Waals surface area contributed by atoms with Crippen LogP contribution in [0.3, 0.4) is 0 Å². The maximum atomic E-state index is 12.9. The number of benzene rings is 2. The second-order valence-electron chi connectivity index (χ2n) is 6.70. The Bertz CT molecular complexity index is 1000. The normalized spacial score (nSPS) is 15.0. The molecule has 0 amide bonds. The highest BCUT2D eigenvalue weighted by molar-refractivity contribution is 6.14. The van der Waals surface area contributed by atoms with E-state index in [2.05, 4.69) is 17.2 Å². The van der Waals surface area contributed by atoms with Gasteiger partial charge in [-0.25, -0.2) is 0 Å². The Labute approximate surface area is 152 Å². The summed E-state index contributed by atoms with van der Waals surface area (Å²) in [6.45, 7) is 4.95. The summed E-state index contributed by atoms with van der Waals surface area (Å²) in [6, 6.07) is 14.1. The number of Topliss-reactive ketones (excluding diaryl/α,β-unsaturated/α-hetero) is 1. The largest absolute Gasteiger partial charge is 0.488 e. The number of hydrogen-bond acceptors (Lipinski definition) is 3. The van der Waals surface area contributed by atoms with Crippen molar-refractivity contribution in [3.05, 3.63) is 88.2 Å². The third kappa shape index (κ3) is 3.18. The molecule has 0 radical (unpaired) electrons. The first-order valence-corrected chi connectivity index (χ1v) is 8.66. The number of aromatic nitrogens is 2. The summed E-state index contributed by atoms with van der Waals surface area (Å²) in [5, 5.41) is 4.40. The quantitative estimate of drug-likeness (QED) is 0.669. The molecule has 1 aliphatic rings. The maximum absolute atomic E-state index is 12.9. The Morgan fingerprint density at radius 1 is 1.19 bits per heavy atom. The molecule has 0 N–H and O–H groups in total. The molecule has 4 heteroatoms. The monoisotopic (exact) mass is 344 g/mol. The van der Waals surface area contributed by atoms with Gasteiger partial charge in [-0.2, -0.15) is 5.10 Å². The number of fused-ring (bicyclic) bond motifs is 1. The van der Waals surface area contributed by atoms with Crippen molar-refractivity contribution in [2.45, 2.75) is 20.4 Å². The highest BCUT2D eigenvalue weighted by Crippen LogP contribution is 2.31. The first-order valence-electron chi connectivity index (χ1n) is 8.66. The molecular weight excluding hydrogens is 324 g/mol. The van der Waals surface area contributed by atoms with Crippen LogP contribution in [0.25, 0.3) is 6.08 Å². The van der Waals surface area contributed by atoms with E-state index in [0.717, 1.165) is 16.7 Å². The molecule has 0 spiro atoms. The summed E-state index contributed by atoms with van der Waals surface area (Å²) in [4.78, 5) is 12.9. The van der Waals surface area contributed by atoms with Gasteiger partial charge in [-0.1, -0.05) is 36.4 Å². The summed E-state index contributed by atoms with van der Waals surface area (Å²) in [6.07, 6.45) is 5.60. The molecule has 0 unspecified atom stereocenters. The average molecular weight is 344 g/mol. The number of nitrogens with zero attached hydrogens (tertiary/aromatic N) is 2. The van der Waals surface area contributed by atoms with E-state index in [9.17, 15) is 4.79 Å². The average Bonchev–Trinajstić information content (AvgIpc) is 3.05. The maximum Gasteiger partial charge on any atom is 0.196 e. The van der Waals surface area contributed by atoms with Crippen LogP contribution in [0.15, 0.2) is 60.4 Å². The Hall–Kier alpha value is -3.14. The van der Waals surface area contributed by atoms with Crippen LogP contribution in [-0.4, -0.2) is 22.2 Å². The predicted molar refractivity (Wildman–Crippen MR) is 101 cm³/mol. The van der Waals surface area contributed by atoms with Crippen LogP contribution in [0, 0.1) is 13.8 Å². The fourth-order valence-electron chi connectivity index (χ4n) is 3.33. The zero-order valence-electron chi connectivity index (χ0n) is 14.9. The number of ether oxygens (including phenoxy) is 1. The van der Waals surface area contributed by atoms with Crippen LogP contribution in [-0.2, 0) is 6.54 Å². The van der Waals surface area contributed by atoms with E-state index in [1.165, 1.54) is 5.56 Å². The molecular formula is C22H20N2O2. The van der Waals surface area contributed by atoms with Crippen molar-refractivity contribution >= 4 is 11.9 Å². The topological polar surface area (TPSA) is 44.1 Å². The second kappa shape index (κ2) is 6.64. The number of carbonyl (C=O) groups is 1. The van der Waals surface area contributed by atoms with Crippen LogP contribution >= 0.6 is 0 Å². The standard InChI is InChI=1S/C22H20N2O2/c1-15-8-16(2)21-20(9-15)26-14-19(22(21)25)10-18-11-23-24(13-18)12-17-6-4-3-5-7-17/h3-11,13H,12,14H2,1-2H3/b19-10-. The third-order valence-electron chi connectivity index (χ3n) is 4.53. The van der Waals surface area contributed by atoms with Crippen molar-refractivity contribution in [3.63, 3.8) is 0 Å². The lowest BCUT2D eigenvalue weighted by molar-refractivity contribution is 0.1000. The van der Waals surface area contributed by atoms with Gasteiger partial charge < -0.3 is 4.74 Å². The van der Waals surface area contributed by atoms with E-state index in [1.54, 1.807) is 6.20 Å².